The molecule has 1 aliphatic heterocycles. The molecule has 0 amide bonds. The van der Waals surface area contributed by atoms with Gasteiger partial charge in [0.25, 0.3) is 0 Å². The Balaban J connectivity index is 1.52. The lowest BCUT2D eigenvalue weighted by atomic mass is 9.97. The van der Waals surface area contributed by atoms with Gasteiger partial charge in [-0.1, -0.05) is 0 Å². The highest BCUT2D eigenvalue weighted by atomic mass is 32.1. The summed E-state index contributed by atoms with van der Waals surface area (Å²) in [6.07, 6.45) is 6.25. The summed E-state index contributed by atoms with van der Waals surface area (Å²) in [5.41, 5.74) is 3.92. The van der Waals surface area contributed by atoms with Crippen LogP contribution in [0.2, 0.25) is 0 Å². The third kappa shape index (κ3) is 3.17. The molecule has 0 bridgehead atoms. The molecule has 0 aromatic carbocycles. The minimum absolute atomic E-state index is 0.412. The van der Waals surface area contributed by atoms with E-state index in [2.05, 4.69) is 47.3 Å². The zero-order chi connectivity index (χ0) is 16.4. The van der Waals surface area contributed by atoms with Crippen LogP contribution < -0.4 is 4.90 Å². The fourth-order valence-corrected chi connectivity index (χ4v) is 3.81. The highest BCUT2D eigenvalue weighted by molar-refractivity contribution is 7.07. The molecule has 1 atom stereocenters. The van der Waals surface area contributed by atoms with Gasteiger partial charge in [0.15, 0.2) is 5.82 Å². The van der Waals surface area contributed by atoms with Crippen LogP contribution in [-0.2, 0) is 6.54 Å². The molecular weight excluding hydrogens is 320 g/mol. The second-order valence-electron chi connectivity index (χ2n) is 6.21. The van der Waals surface area contributed by atoms with Crippen LogP contribution in [0.25, 0.3) is 0 Å². The maximum Gasteiger partial charge on any atom is 0.151 e. The van der Waals surface area contributed by atoms with Gasteiger partial charge in [0.1, 0.15) is 5.82 Å². The van der Waals surface area contributed by atoms with Crippen LogP contribution in [0.4, 0.5) is 5.82 Å². The van der Waals surface area contributed by atoms with E-state index in [0.717, 1.165) is 55.5 Å². The van der Waals surface area contributed by atoms with Crippen molar-refractivity contribution >= 4 is 17.2 Å². The van der Waals surface area contributed by atoms with Crippen molar-refractivity contribution in [2.75, 3.05) is 18.0 Å². The molecule has 4 heterocycles. The molecule has 1 aliphatic rings. The number of hydrogen-bond donors (Lipinski definition) is 0. The standard InChI is InChI=1S/C17H20N6S/c1-13-4-5-16(21-20-13)22-7-2-3-14(9-22)17-18-6-8-23(17)10-15-11-24-12-19-15/h4-6,8,11-12,14H,2-3,7,9-10H2,1H3/t14-/m0/s1. The van der Waals surface area contributed by atoms with E-state index in [0.29, 0.717) is 5.92 Å². The first-order valence-corrected chi connectivity index (χ1v) is 9.17. The predicted octanol–water partition coefficient (Wildman–Crippen LogP) is 2.87. The molecule has 0 spiro atoms. The normalized spacial score (nSPS) is 18.0. The van der Waals surface area contributed by atoms with E-state index in [-0.39, 0.29) is 0 Å². The summed E-state index contributed by atoms with van der Waals surface area (Å²) >= 11 is 1.63. The van der Waals surface area contributed by atoms with E-state index in [1.807, 2.05) is 24.7 Å². The molecule has 0 aliphatic carbocycles. The number of rotatable bonds is 4. The number of anilines is 1. The molecule has 124 valence electrons. The van der Waals surface area contributed by atoms with Crippen molar-refractivity contribution in [2.24, 2.45) is 0 Å². The predicted molar refractivity (Wildman–Crippen MR) is 94.4 cm³/mol. The van der Waals surface area contributed by atoms with Gasteiger partial charge in [-0.3, -0.25) is 0 Å². The summed E-state index contributed by atoms with van der Waals surface area (Å²) in [5, 5.41) is 10.6. The van der Waals surface area contributed by atoms with Crippen molar-refractivity contribution in [1.82, 2.24) is 24.7 Å². The van der Waals surface area contributed by atoms with Gasteiger partial charge in [0.2, 0.25) is 0 Å². The zero-order valence-corrected chi connectivity index (χ0v) is 14.5. The van der Waals surface area contributed by atoms with Crippen molar-refractivity contribution in [3.8, 4) is 0 Å². The van der Waals surface area contributed by atoms with Gasteiger partial charge in [-0.25, -0.2) is 9.97 Å². The largest absolute Gasteiger partial charge is 0.354 e. The van der Waals surface area contributed by atoms with Crippen LogP contribution in [0, 0.1) is 6.92 Å². The van der Waals surface area contributed by atoms with Crippen LogP contribution in [0.1, 0.15) is 36.0 Å². The first-order valence-electron chi connectivity index (χ1n) is 8.23. The van der Waals surface area contributed by atoms with E-state index in [4.69, 9.17) is 0 Å². The first-order chi connectivity index (χ1) is 11.8. The second kappa shape index (κ2) is 6.68. The molecule has 0 N–H and O–H groups in total. The number of imidazole rings is 1. The minimum Gasteiger partial charge on any atom is -0.354 e. The Hall–Kier alpha value is -2.28. The van der Waals surface area contributed by atoms with Gasteiger partial charge in [-0.15, -0.1) is 16.4 Å². The molecule has 3 aromatic heterocycles. The van der Waals surface area contributed by atoms with Crippen LogP contribution in [-0.4, -0.2) is 37.8 Å². The Labute approximate surface area is 145 Å². The summed E-state index contributed by atoms with van der Waals surface area (Å²) in [7, 11) is 0. The van der Waals surface area contributed by atoms with Crippen molar-refractivity contribution in [3.63, 3.8) is 0 Å². The fourth-order valence-electron chi connectivity index (χ4n) is 3.26. The molecule has 0 saturated carbocycles. The Bertz CT molecular complexity index is 780. The number of aryl methyl sites for hydroxylation is 1. The maximum absolute atomic E-state index is 4.64. The van der Waals surface area contributed by atoms with E-state index in [9.17, 15) is 0 Å². The molecule has 7 heteroatoms. The lowest BCUT2D eigenvalue weighted by Gasteiger charge is -2.33. The summed E-state index contributed by atoms with van der Waals surface area (Å²) < 4.78 is 2.23. The number of nitrogens with zero attached hydrogens (tertiary/aromatic N) is 6. The van der Waals surface area contributed by atoms with Gasteiger partial charge in [0, 0.05) is 36.8 Å². The maximum atomic E-state index is 4.64. The molecule has 0 unspecified atom stereocenters. The summed E-state index contributed by atoms with van der Waals surface area (Å²) in [4.78, 5) is 11.3. The van der Waals surface area contributed by atoms with Gasteiger partial charge in [-0.2, -0.15) is 5.10 Å². The molecule has 4 rings (SSSR count). The molecule has 0 radical (unpaired) electrons. The van der Waals surface area contributed by atoms with Crippen LogP contribution >= 0.6 is 11.3 Å². The Morgan fingerprint density at radius 2 is 2.21 bits per heavy atom. The average molecular weight is 340 g/mol. The molecule has 6 nitrogen and oxygen atoms in total. The Morgan fingerprint density at radius 3 is 3.00 bits per heavy atom. The highest BCUT2D eigenvalue weighted by Gasteiger charge is 2.25. The quantitative estimate of drug-likeness (QED) is 0.731. The molecule has 1 saturated heterocycles. The van der Waals surface area contributed by atoms with E-state index >= 15 is 0 Å². The number of aromatic nitrogens is 5. The Morgan fingerprint density at radius 1 is 1.25 bits per heavy atom. The van der Waals surface area contributed by atoms with Crippen LogP contribution in [0.5, 0.6) is 0 Å². The number of hydrogen-bond acceptors (Lipinski definition) is 6. The first kappa shape index (κ1) is 15.3. The molecule has 24 heavy (non-hydrogen) atoms. The third-order valence-electron chi connectivity index (χ3n) is 4.46. The number of thiazole rings is 1. The van der Waals surface area contributed by atoms with Gasteiger partial charge >= 0.3 is 0 Å². The molecule has 1 fully saturated rings. The van der Waals surface area contributed by atoms with Crippen molar-refractivity contribution in [2.45, 2.75) is 32.2 Å². The van der Waals surface area contributed by atoms with Crippen molar-refractivity contribution < 1.29 is 0 Å². The fraction of sp³-hybridized carbons (Fsp3) is 0.412. The lowest BCUT2D eigenvalue weighted by molar-refractivity contribution is 0.472. The average Bonchev–Trinajstić information content (AvgIpc) is 3.28. The van der Waals surface area contributed by atoms with Crippen molar-refractivity contribution in [1.29, 1.82) is 0 Å². The van der Waals surface area contributed by atoms with Crippen LogP contribution in [0.3, 0.4) is 0 Å². The summed E-state index contributed by atoms with van der Waals surface area (Å²) in [6.45, 7) is 4.72. The van der Waals surface area contributed by atoms with Gasteiger partial charge in [-0.05, 0) is 31.9 Å². The van der Waals surface area contributed by atoms with Crippen LogP contribution in [0.15, 0.2) is 35.4 Å². The zero-order valence-electron chi connectivity index (χ0n) is 13.7. The summed E-state index contributed by atoms with van der Waals surface area (Å²) in [5.74, 6) is 2.52. The van der Waals surface area contributed by atoms with Crippen molar-refractivity contribution in [3.05, 3.63) is 52.6 Å². The van der Waals surface area contributed by atoms with E-state index in [1.165, 1.54) is 0 Å². The lowest BCUT2D eigenvalue weighted by Crippen LogP contribution is -2.36. The Kier molecular flexibility index (Phi) is 4.25. The van der Waals surface area contributed by atoms with E-state index in [1.54, 1.807) is 11.3 Å². The number of piperidine rings is 1. The minimum atomic E-state index is 0.412. The topological polar surface area (TPSA) is 59.7 Å². The summed E-state index contributed by atoms with van der Waals surface area (Å²) in [6, 6.07) is 4.08. The SMILES string of the molecule is Cc1ccc(N2CCC[C@H](c3nccn3Cc3cscn3)C2)nn1. The third-order valence-corrected chi connectivity index (χ3v) is 5.09. The second-order valence-corrected chi connectivity index (χ2v) is 6.93. The molecular formula is C17H20N6S. The highest BCUT2D eigenvalue weighted by Crippen LogP contribution is 2.28. The van der Waals surface area contributed by atoms with E-state index < -0.39 is 0 Å². The van der Waals surface area contributed by atoms with Gasteiger partial charge < -0.3 is 9.47 Å². The monoisotopic (exact) mass is 340 g/mol. The smallest absolute Gasteiger partial charge is 0.151 e. The van der Waals surface area contributed by atoms with Gasteiger partial charge in [0.05, 0.1) is 23.4 Å². The molecule has 3 aromatic rings.